The molecular formula is C19H24ClNO2. The average Bonchev–Trinajstić information content (AvgIpc) is 2.47. The second-order valence-electron chi connectivity index (χ2n) is 7.88. The number of rotatable bonds is 4. The van der Waals surface area contributed by atoms with E-state index in [0.29, 0.717) is 10.8 Å². The van der Waals surface area contributed by atoms with Gasteiger partial charge in [-0.25, -0.2) is 0 Å². The maximum Gasteiger partial charge on any atom is 0.261 e. The Bertz CT molecular complexity index is 580. The van der Waals surface area contributed by atoms with Crippen LogP contribution >= 0.6 is 11.6 Å². The monoisotopic (exact) mass is 333 g/mol. The second kappa shape index (κ2) is 5.70. The molecule has 1 N–H and O–H groups in total. The lowest BCUT2D eigenvalue weighted by molar-refractivity contribution is -0.133. The Labute approximate surface area is 142 Å². The molecule has 4 fully saturated rings. The summed E-state index contributed by atoms with van der Waals surface area (Å²) in [6.07, 6.45) is 7.07. The van der Waals surface area contributed by atoms with E-state index in [9.17, 15) is 4.79 Å². The van der Waals surface area contributed by atoms with E-state index in [2.05, 4.69) is 5.32 Å². The summed E-state index contributed by atoms with van der Waals surface area (Å²) >= 11 is 6.12. The highest BCUT2D eigenvalue weighted by atomic mass is 35.5. The summed E-state index contributed by atoms with van der Waals surface area (Å²) in [4.78, 5) is 12.7. The second-order valence-corrected chi connectivity index (χ2v) is 8.28. The first-order chi connectivity index (χ1) is 11.0. The summed E-state index contributed by atoms with van der Waals surface area (Å²) in [5, 5.41) is 3.90. The van der Waals surface area contributed by atoms with Crippen LogP contribution in [-0.4, -0.2) is 17.6 Å². The van der Waals surface area contributed by atoms with Crippen LogP contribution in [0.5, 0.6) is 5.75 Å². The molecule has 1 atom stereocenters. The molecule has 0 heterocycles. The first-order valence-corrected chi connectivity index (χ1v) is 9.14. The van der Waals surface area contributed by atoms with Gasteiger partial charge in [-0.15, -0.1) is 0 Å². The summed E-state index contributed by atoms with van der Waals surface area (Å²) in [6, 6.07) is 7.30. The summed E-state index contributed by atoms with van der Waals surface area (Å²) in [5.74, 6) is 3.03. The highest BCUT2D eigenvalue weighted by molar-refractivity contribution is 6.32. The van der Waals surface area contributed by atoms with Crippen molar-refractivity contribution in [1.82, 2.24) is 5.32 Å². The quantitative estimate of drug-likeness (QED) is 0.897. The first kappa shape index (κ1) is 15.3. The molecule has 1 aromatic carbocycles. The molecule has 4 bridgehead atoms. The van der Waals surface area contributed by atoms with Gasteiger partial charge < -0.3 is 10.1 Å². The van der Waals surface area contributed by atoms with Crippen molar-refractivity contribution in [3.05, 3.63) is 29.3 Å². The third kappa shape index (κ3) is 2.96. The van der Waals surface area contributed by atoms with Crippen molar-refractivity contribution >= 4 is 17.5 Å². The maximum atomic E-state index is 12.7. The van der Waals surface area contributed by atoms with E-state index < -0.39 is 6.10 Å². The van der Waals surface area contributed by atoms with Gasteiger partial charge in [0, 0.05) is 5.54 Å². The fraction of sp³-hybridized carbons (Fsp3) is 0.632. The van der Waals surface area contributed by atoms with Crippen LogP contribution in [0.3, 0.4) is 0 Å². The van der Waals surface area contributed by atoms with Gasteiger partial charge in [0.2, 0.25) is 0 Å². The fourth-order valence-corrected chi connectivity index (χ4v) is 5.59. The van der Waals surface area contributed by atoms with E-state index in [-0.39, 0.29) is 11.4 Å². The SMILES string of the molecule is CC(Oc1ccccc1Cl)C(=O)NC12CC3CC(CC(C3)C1)C2. The van der Waals surface area contributed by atoms with Gasteiger partial charge in [-0.2, -0.15) is 0 Å². The molecule has 3 nitrogen and oxygen atoms in total. The van der Waals surface area contributed by atoms with Gasteiger partial charge in [0.25, 0.3) is 5.91 Å². The lowest BCUT2D eigenvalue weighted by Crippen LogP contribution is -2.61. The number of carbonyl (C=O) groups excluding carboxylic acids is 1. The zero-order valence-corrected chi connectivity index (χ0v) is 14.3. The normalized spacial score (nSPS) is 35.8. The van der Waals surface area contributed by atoms with Crippen molar-refractivity contribution in [2.45, 2.75) is 57.1 Å². The fourth-order valence-electron chi connectivity index (χ4n) is 5.41. The van der Waals surface area contributed by atoms with Crippen LogP contribution in [0.25, 0.3) is 0 Å². The molecule has 4 aliphatic rings. The van der Waals surface area contributed by atoms with E-state index in [1.165, 1.54) is 19.3 Å². The summed E-state index contributed by atoms with van der Waals surface area (Å²) < 4.78 is 5.78. The molecule has 0 saturated heterocycles. The van der Waals surface area contributed by atoms with Gasteiger partial charge in [-0.05, 0) is 75.3 Å². The zero-order valence-electron chi connectivity index (χ0n) is 13.6. The summed E-state index contributed by atoms with van der Waals surface area (Å²) in [6.45, 7) is 1.80. The Hall–Kier alpha value is -1.22. The van der Waals surface area contributed by atoms with E-state index in [1.807, 2.05) is 12.1 Å². The number of carbonyl (C=O) groups is 1. The molecule has 0 spiro atoms. The van der Waals surface area contributed by atoms with Gasteiger partial charge in [-0.1, -0.05) is 23.7 Å². The van der Waals surface area contributed by atoms with E-state index in [1.54, 1.807) is 19.1 Å². The third-order valence-electron chi connectivity index (χ3n) is 5.94. The molecule has 23 heavy (non-hydrogen) atoms. The Morgan fingerprint density at radius 3 is 2.30 bits per heavy atom. The first-order valence-electron chi connectivity index (χ1n) is 8.76. The number of benzene rings is 1. The van der Waals surface area contributed by atoms with Crippen LogP contribution in [0, 0.1) is 17.8 Å². The van der Waals surface area contributed by atoms with E-state index in [0.717, 1.165) is 37.0 Å². The van der Waals surface area contributed by atoms with Crippen molar-refractivity contribution in [1.29, 1.82) is 0 Å². The molecule has 4 heteroatoms. The Kier molecular flexibility index (Phi) is 3.79. The number of para-hydroxylation sites is 1. The van der Waals surface area contributed by atoms with Gasteiger partial charge in [0.15, 0.2) is 6.10 Å². The number of amides is 1. The minimum atomic E-state index is -0.525. The van der Waals surface area contributed by atoms with Gasteiger partial charge in [0.1, 0.15) is 5.75 Å². The largest absolute Gasteiger partial charge is 0.479 e. The number of nitrogens with one attached hydrogen (secondary N) is 1. The van der Waals surface area contributed by atoms with Gasteiger partial charge in [-0.3, -0.25) is 4.79 Å². The van der Waals surface area contributed by atoms with E-state index >= 15 is 0 Å². The topological polar surface area (TPSA) is 38.3 Å². The van der Waals surface area contributed by atoms with Crippen LogP contribution < -0.4 is 10.1 Å². The lowest BCUT2D eigenvalue weighted by Gasteiger charge is -2.57. The minimum Gasteiger partial charge on any atom is -0.479 e. The van der Waals surface area contributed by atoms with Crippen molar-refractivity contribution in [3.8, 4) is 5.75 Å². The Morgan fingerprint density at radius 1 is 1.17 bits per heavy atom. The molecular weight excluding hydrogens is 310 g/mol. The molecule has 4 aliphatic carbocycles. The minimum absolute atomic E-state index is 0.00753. The number of hydrogen-bond acceptors (Lipinski definition) is 2. The maximum absolute atomic E-state index is 12.7. The van der Waals surface area contributed by atoms with E-state index in [4.69, 9.17) is 16.3 Å². The van der Waals surface area contributed by atoms with Crippen LogP contribution in [0.1, 0.15) is 45.4 Å². The summed E-state index contributed by atoms with van der Waals surface area (Å²) in [5.41, 5.74) is 0.0317. The predicted molar refractivity (Wildman–Crippen MR) is 90.6 cm³/mol. The van der Waals surface area contributed by atoms with Crippen molar-refractivity contribution < 1.29 is 9.53 Å². The van der Waals surface area contributed by atoms with Crippen LogP contribution in [0.2, 0.25) is 5.02 Å². The highest BCUT2D eigenvalue weighted by Crippen LogP contribution is 2.55. The number of halogens is 1. The Morgan fingerprint density at radius 2 is 1.74 bits per heavy atom. The molecule has 0 aromatic heterocycles. The zero-order chi connectivity index (χ0) is 16.0. The van der Waals surface area contributed by atoms with Crippen LogP contribution in [-0.2, 0) is 4.79 Å². The average molecular weight is 334 g/mol. The molecule has 4 saturated carbocycles. The predicted octanol–water partition coefficient (Wildman–Crippen LogP) is 4.19. The molecule has 124 valence electrons. The number of hydrogen-bond donors (Lipinski definition) is 1. The summed E-state index contributed by atoms with van der Waals surface area (Å²) in [7, 11) is 0. The van der Waals surface area contributed by atoms with Crippen molar-refractivity contribution in [2.24, 2.45) is 17.8 Å². The van der Waals surface area contributed by atoms with Crippen molar-refractivity contribution in [2.75, 3.05) is 0 Å². The molecule has 5 rings (SSSR count). The molecule has 0 radical (unpaired) electrons. The third-order valence-corrected chi connectivity index (χ3v) is 6.25. The lowest BCUT2D eigenvalue weighted by atomic mass is 9.53. The standard InChI is InChI=1S/C19H24ClNO2/c1-12(23-17-5-3-2-4-16(17)20)18(22)21-19-9-13-6-14(10-19)8-15(7-13)11-19/h2-5,12-15H,6-11H2,1H3,(H,21,22). The molecule has 1 unspecified atom stereocenters. The van der Waals surface area contributed by atoms with Gasteiger partial charge >= 0.3 is 0 Å². The molecule has 1 amide bonds. The number of ether oxygens (including phenoxy) is 1. The Balaban J connectivity index is 1.42. The highest BCUT2D eigenvalue weighted by Gasteiger charge is 2.51. The van der Waals surface area contributed by atoms with Crippen LogP contribution in [0.4, 0.5) is 0 Å². The van der Waals surface area contributed by atoms with Gasteiger partial charge in [0.05, 0.1) is 5.02 Å². The van der Waals surface area contributed by atoms with Crippen LogP contribution in [0.15, 0.2) is 24.3 Å². The molecule has 1 aromatic rings. The molecule has 0 aliphatic heterocycles. The van der Waals surface area contributed by atoms with Crippen molar-refractivity contribution in [3.63, 3.8) is 0 Å². The smallest absolute Gasteiger partial charge is 0.261 e.